The number of imide groups is 1. The topological polar surface area (TPSA) is 87.7 Å². The molecule has 0 bridgehead atoms. The third-order valence-corrected chi connectivity index (χ3v) is 5.11. The fourth-order valence-electron chi connectivity index (χ4n) is 3.36. The Labute approximate surface area is 149 Å². The molecule has 1 spiro atoms. The van der Waals surface area contributed by atoms with Crippen molar-refractivity contribution in [2.75, 3.05) is 26.3 Å². The van der Waals surface area contributed by atoms with Crippen LogP contribution < -0.4 is 10.6 Å². The lowest BCUT2D eigenvalue weighted by Gasteiger charge is -2.33. The number of carbonyl (C=O) groups excluding carboxylic acids is 3. The van der Waals surface area contributed by atoms with Crippen LogP contribution in [0.3, 0.4) is 0 Å². The second-order valence-corrected chi connectivity index (χ2v) is 7.26. The predicted molar refractivity (Wildman–Crippen MR) is 94.0 cm³/mol. The highest BCUT2D eigenvalue weighted by Crippen LogP contribution is 2.36. The first-order chi connectivity index (χ1) is 12.0. The van der Waals surface area contributed by atoms with E-state index in [1.807, 2.05) is 0 Å². The van der Waals surface area contributed by atoms with Gasteiger partial charge >= 0.3 is 6.03 Å². The first-order valence-corrected chi connectivity index (χ1v) is 9.47. The molecule has 1 aliphatic heterocycles. The van der Waals surface area contributed by atoms with Gasteiger partial charge in [0.2, 0.25) is 5.91 Å². The Morgan fingerprint density at radius 1 is 1.28 bits per heavy atom. The van der Waals surface area contributed by atoms with Crippen LogP contribution in [-0.2, 0) is 14.3 Å². The van der Waals surface area contributed by atoms with Gasteiger partial charge in [-0.05, 0) is 44.4 Å². The molecule has 0 atom stereocenters. The van der Waals surface area contributed by atoms with Crippen molar-refractivity contribution >= 4 is 17.8 Å². The summed E-state index contributed by atoms with van der Waals surface area (Å²) >= 11 is 0. The van der Waals surface area contributed by atoms with Gasteiger partial charge < -0.3 is 15.4 Å². The largest absolute Gasteiger partial charge is 0.381 e. The standard InChI is InChI=1S/C18H31N3O4/c1-3-4-11-25-12-5-10-19-15(22)13-21-16(23)18(20-17(21)24)8-6-14(2)7-9-18/h14H,3-13H2,1-2H3,(H,19,22)(H,20,24). The molecular formula is C18H31N3O4. The molecule has 1 aliphatic carbocycles. The normalized spacial score (nSPS) is 26.2. The Morgan fingerprint density at radius 2 is 1.96 bits per heavy atom. The van der Waals surface area contributed by atoms with Gasteiger partial charge in [-0.2, -0.15) is 0 Å². The van der Waals surface area contributed by atoms with Crippen molar-refractivity contribution in [2.45, 2.75) is 64.3 Å². The molecule has 1 saturated carbocycles. The van der Waals surface area contributed by atoms with Crippen molar-refractivity contribution in [1.82, 2.24) is 15.5 Å². The van der Waals surface area contributed by atoms with Crippen LogP contribution >= 0.6 is 0 Å². The van der Waals surface area contributed by atoms with Crippen molar-refractivity contribution in [3.63, 3.8) is 0 Å². The van der Waals surface area contributed by atoms with Crippen LogP contribution in [-0.4, -0.2) is 54.6 Å². The molecule has 0 aromatic heterocycles. The molecule has 0 aromatic rings. The Bertz CT molecular complexity index is 487. The predicted octanol–water partition coefficient (Wildman–Crippen LogP) is 1.81. The van der Waals surface area contributed by atoms with Crippen molar-refractivity contribution in [3.8, 4) is 0 Å². The highest BCUT2D eigenvalue weighted by molar-refractivity contribution is 6.09. The molecule has 2 aliphatic rings. The zero-order valence-corrected chi connectivity index (χ0v) is 15.4. The summed E-state index contributed by atoms with van der Waals surface area (Å²) in [6, 6.07) is -0.447. The van der Waals surface area contributed by atoms with Gasteiger partial charge in [0, 0.05) is 19.8 Å². The van der Waals surface area contributed by atoms with E-state index in [1.165, 1.54) is 0 Å². The maximum atomic E-state index is 12.7. The Kier molecular flexibility index (Phi) is 7.23. The number of amides is 4. The summed E-state index contributed by atoms with van der Waals surface area (Å²) in [5.74, 6) is 0.0213. The average molecular weight is 353 g/mol. The molecule has 0 unspecified atom stereocenters. The second kappa shape index (κ2) is 9.17. The smallest absolute Gasteiger partial charge is 0.325 e. The van der Waals surface area contributed by atoms with Crippen LogP contribution in [0.5, 0.6) is 0 Å². The molecule has 2 fully saturated rings. The minimum absolute atomic E-state index is 0.210. The van der Waals surface area contributed by atoms with Gasteiger partial charge in [-0.15, -0.1) is 0 Å². The number of nitrogens with one attached hydrogen (secondary N) is 2. The maximum absolute atomic E-state index is 12.7. The van der Waals surface area contributed by atoms with Crippen molar-refractivity contribution in [2.24, 2.45) is 5.92 Å². The summed E-state index contributed by atoms with van der Waals surface area (Å²) in [5, 5.41) is 5.58. The van der Waals surface area contributed by atoms with Gasteiger partial charge in [-0.3, -0.25) is 14.5 Å². The van der Waals surface area contributed by atoms with E-state index in [2.05, 4.69) is 24.5 Å². The molecule has 0 radical (unpaired) electrons. The molecule has 7 heteroatoms. The fourth-order valence-corrected chi connectivity index (χ4v) is 3.36. The van der Waals surface area contributed by atoms with E-state index < -0.39 is 11.6 Å². The molecule has 0 aromatic carbocycles. The molecule has 25 heavy (non-hydrogen) atoms. The van der Waals surface area contributed by atoms with Crippen LogP contribution in [0.2, 0.25) is 0 Å². The van der Waals surface area contributed by atoms with E-state index in [0.29, 0.717) is 31.9 Å². The van der Waals surface area contributed by atoms with Gasteiger partial charge in [-0.25, -0.2) is 4.79 Å². The lowest BCUT2D eigenvalue weighted by atomic mass is 9.77. The number of hydrogen-bond donors (Lipinski definition) is 2. The number of unbranched alkanes of at least 4 members (excludes halogenated alkanes) is 1. The Morgan fingerprint density at radius 3 is 2.64 bits per heavy atom. The number of hydrogen-bond acceptors (Lipinski definition) is 4. The highest BCUT2D eigenvalue weighted by atomic mass is 16.5. The number of carbonyl (C=O) groups is 3. The van der Waals surface area contributed by atoms with E-state index in [4.69, 9.17) is 4.74 Å². The molecule has 1 heterocycles. The minimum Gasteiger partial charge on any atom is -0.381 e. The highest BCUT2D eigenvalue weighted by Gasteiger charge is 2.52. The molecule has 2 rings (SSSR count). The Hall–Kier alpha value is -1.63. The number of ether oxygens (including phenoxy) is 1. The van der Waals surface area contributed by atoms with Gasteiger partial charge in [-0.1, -0.05) is 20.3 Å². The zero-order valence-electron chi connectivity index (χ0n) is 15.4. The lowest BCUT2D eigenvalue weighted by Crippen LogP contribution is -2.49. The van der Waals surface area contributed by atoms with Gasteiger partial charge in [0.15, 0.2) is 0 Å². The maximum Gasteiger partial charge on any atom is 0.325 e. The van der Waals surface area contributed by atoms with E-state index in [9.17, 15) is 14.4 Å². The van der Waals surface area contributed by atoms with E-state index >= 15 is 0 Å². The molecular weight excluding hydrogens is 322 g/mol. The Balaban J connectivity index is 1.72. The van der Waals surface area contributed by atoms with Gasteiger partial charge in [0.1, 0.15) is 12.1 Å². The van der Waals surface area contributed by atoms with Gasteiger partial charge in [0.05, 0.1) is 0 Å². The summed E-state index contributed by atoms with van der Waals surface area (Å²) in [6.07, 6.45) is 6.02. The van der Waals surface area contributed by atoms with Crippen molar-refractivity contribution in [1.29, 1.82) is 0 Å². The number of nitrogens with zero attached hydrogens (tertiary/aromatic N) is 1. The monoisotopic (exact) mass is 353 g/mol. The number of urea groups is 1. The fraction of sp³-hybridized carbons (Fsp3) is 0.833. The average Bonchev–Trinajstić information content (AvgIpc) is 2.81. The second-order valence-electron chi connectivity index (χ2n) is 7.26. The summed E-state index contributed by atoms with van der Waals surface area (Å²) in [5.41, 5.74) is -0.781. The third kappa shape index (κ3) is 5.17. The molecule has 7 nitrogen and oxygen atoms in total. The van der Waals surface area contributed by atoms with Crippen LogP contribution in [0.25, 0.3) is 0 Å². The quantitative estimate of drug-likeness (QED) is 0.489. The summed E-state index contributed by atoms with van der Waals surface area (Å²) < 4.78 is 5.43. The van der Waals surface area contributed by atoms with E-state index in [1.54, 1.807) is 0 Å². The first-order valence-electron chi connectivity index (χ1n) is 9.47. The minimum atomic E-state index is -0.781. The van der Waals surface area contributed by atoms with Gasteiger partial charge in [0.25, 0.3) is 5.91 Å². The van der Waals surface area contributed by atoms with Crippen LogP contribution in [0.1, 0.15) is 58.8 Å². The van der Waals surface area contributed by atoms with E-state index in [-0.39, 0.29) is 18.4 Å². The van der Waals surface area contributed by atoms with Crippen LogP contribution in [0.15, 0.2) is 0 Å². The zero-order chi connectivity index (χ0) is 18.3. The van der Waals surface area contributed by atoms with Crippen LogP contribution in [0.4, 0.5) is 4.79 Å². The summed E-state index contributed by atoms with van der Waals surface area (Å²) in [7, 11) is 0. The van der Waals surface area contributed by atoms with Crippen LogP contribution in [0, 0.1) is 5.92 Å². The molecule has 1 saturated heterocycles. The molecule has 4 amide bonds. The first kappa shape index (κ1) is 19.7. The SMILES string of the molecule is CCCCOCCCNC(=O)CN1C(=O)NC2(CCC(C)CC2)C1=O. The molecule has 142 valence electrons. The summed E-state index contributed by atoms with van der Waals surface area (Å²) in [4.78, 5) is 37.9. The number of rotatable bonds is 9. The lowest BCUT2D eigenvalue weighted by molar-refractivity contribution is -0.136. The van der Waals surface area contributed by atoms with Crippen molar-refractivity contribution in [3.05, 3.63) is 0 Å². The van der Waals surface area contributed by atoms with Crippen molar-refractivity contribution < 1.29 is 19.1 Å². The molecule has 2 N–H and O–H groups in total. The van der Waals surface area contributed by atoms with E-state index in [0.717, 1.165) is 43.6 Å². The third-order valence-electron chi connectivity index (χ3n) is 5.11. The summed E-state index contributed by atoms with van der Waals surface area (Å²) in [6.45, 7) is 5.89.